The van der Waals surface area contributed by atoms with Crippen LogP contribution in [-0.4, -0.2) is 6.61 Å². The first-order valence-corrected chi connectivity index (χ1v) is 7.80. The van der Waals surface area contributed by atoms with E-state index in [0.717, 1.165) is 6.61 Å². The van der Waals surface area contributed by atoms with E-state index in [9.17, 15) is 0 Å². The molecule has 0 atom stereocenters. The predicted molar refractivity (Wildman–Crippen MR) is 40.6 cm³/mol. The van der Waals surface area contributed by atoms with Crippen molar-refractivity contribution in [1.29, 1.82) is 0 Å². The van der Waals surface area contributed by atoms with Crippen LogP contribution in [0.25, 0.3) is 0 Å². The zero-order chi connectivity index (χ0) is 7.66. The second kappa shape index (κ2) is 9.58. The van der Waals surface area contributed by atoms with Crippen molar-refractivity contribution in [2.24, 2.45) is 0 Å². The molecule has 0 radical (unpaired) electrons. The number of hydrogen-bond donors (Lipinski definition) is 0. The maximum absolute atomic E-state index is 5.52. The van der Waals surface area contributed by atoms with Gasteiger partial charge in [-0.2, -0.15) is 0 Å². The molecule has 0 aromatic rings. The van der Waals surface area contributed by atoms with Crippen LogP contribution in [0.5, 0.6) is 0 Å². The summed E-state index contributed by atoms with van der Waals surface area (Å²) in [6.45, 7) is 5.52. The van der Waals surface area contributed by atoms with Crippen LogP contribution >= 0.6 is 0 Å². The second-order valence-electron chi connectivity index (χ2n) is 2.67. The Labute approximate surface area is 72.5 Å². The van der Waals surface area contributed by atoms with Crippen molar-refractivity contribution in [2.75, 3.05) is 6.61 Å². The molecule has 0 fully saturated rings. The van der Waals surface area contributed by atoms with Gasteiger partial charge in [0, 0.05) is 0 Å². The molecule has 0 heterocycles. The minimum absolute atomic E-state index is 0.480. The molecule has 0 bridgehead atoms. The van der Waals surface area contributed by atoms with Crippen LogP contribution in [0.15, 0.2) is 0 Å². The average Bonchev–Trinajstić information content (AvgIpc) is 1.97. The summed E-state index contributed by atoms with van der Waals surface area (Å²) in [4.78, 5) is 0. The number of rotatable bonds is 7. The van der Waals surface area contributed by atoms with E-state index in [2.05, 4.69) is 13.8 Å². The zero-order valence-corrected chi connectivity index (χ0v) is 10.3. The average molecular weight is 196 g/mol. The molecule has 2 heteroatoms. The fourth-order valence-corrected chi connectivity index (χ4v) is 2.34. The van der Waals surface area contributed by atoms with Crippen LogP contribution in [0.3, 0.4) is 0 Å². The number of hydrogen-bond acceptors (Lipinski definition) is 1. The van der Waals surface area contributed by atoms with Gasteiger partial charge in [-0.25, -0.2) is 0 Å². The molecular formula is C8H18OZn. The van der Waals surface area contributed by atoms with Gasteiger partial charge in [-0.05, 0) is 0 Å². The van der Waals surface area contributed by atoms with Crippen molar-refractivity contribution in [3.63, 3.8) is 0 Å². The van der Waals surface area contributed by atoms with Crippen LogP contribution in [0.1, 0.15) is 39.5 Å². The van der Waals surface area contributed by atoms with E-state index < -0.39 is 17.5 Å². The Hall–Kier alpha value is 0.583. The first kappa shape index (κ1) is 10.6. The van der Waals surface area contributed by atoms with Crippen LogP contribution in [0, 0.1) is 0 Å². The van der Waals surface area contributed by atoms with Crippen molar-refractivity contribution in [2.45, 2.75) is 44.5 Å². The van der Waals surface area contributed by atoms with Crippen molar-refractivity contribution >= 4 is 0 Å². The van der Waals surface area contributed by atoms with Crippen LogP contribution in [-0.2, 0) is 21.1 Å². The third kappa shape index (κ3) is 8.58. The van der Waals surface area contributed by atoms with E-state index in [0.29, 0.717) is 0 Å². The van der Waals surface area contributed by atoms with Gasteiger partial charge < -0.3 is 0 Å². The van der Waals surface area contributed by atoms with Gasteiger partial charge in [-0.15, -0.1) is 0 Å². The molecule has 1 nitrogen and oxygen atoms in total. The third-order valence-corrected chi connectivity index (χ3v) is 3.56. The van der Waals surface area contributed by atoms with Gasteiger partial charge in [0.1, 0.15) is 0 Å². The molecule has 0 saturated heterocycles. The Kier molecular flexibility index (Phi) is 10.1. The fraction of sp³-hybridized carbons (Fsp3) is 1.00. The van der Waals surface area contributed by atoms with Gasteiger partial charge in [-0.3, -0.25) is 0 Å². The first-order chi connectivity index (χ1) is 4.91. The molecule has 58 valence electrons. The van der Waals surface area contributed by atoms with Crippen LogP contribution in [0.4, 0.5) is 0 Å². The molecule has 0 N–H and O–H groups in total. The van der Waals surface area contributed by atoms with Crippen molar-refractivity contribution < 1.29 is 21.1 Å². The summed E-state index contributed by atoms with van der Waals surface area (Å²) in [7, 11) is 0. The summed E-state index contributed by atoms with van der Waals surface area (Å²) in [5.74, 6) is 0. The fourth-order valence-electron chi connectivity index (χ4n) is 0.877. The summed E-state index contributed by atoms with van der Waals surface area (Å²) in [5, 5.41) is 1.33. The first-order valence-electron chi connectivity index (χ1n) is 4.49. The molecule has 0 spiro atoms. The zero-order valence-electron chi connectivity index (χ0n) is 7.36. The molecule has 0 aromatic carbocycles. The van der Waals surface area contributed by atoms with E-state index in [1.165, 1.54) is 30.7 Å². The van der Waals surface area contributed by atoms with Gasteiger partial charge in [0.2, 0.25) is 0 Å². The van der Waals surface area contributed by atoms with Crippen LogP contribution < -0.4 is 0 Å². The quantitative estimate of drug-likeness (QED) is 0.448. The molecule has 0 unspecified atom stereocenters. The number of unbranched alkanes of at least 4 members (excludes halogenated alkanes) is 3. The van der Waals surface area contributed by atoms with Gasteiger partial charge in [0.25, 0.3) is 0 Å². The third-order valence-electron chi connectivity index (χ3n) is 1.49. The Balaban J connectivity index is 2.65. The molecule has 0 aromatic heterocycles. The van der Waals surface area contributed by atoms with Crippen molar-refractivity contribution in [3.05, 3.63) is 0 Å². The summed E-state index contributed by atoms with van der Waals surface area (Å²) < 4.78 is 5.52. The topological polar surface area (TPSA) is 9.23 Å². The van der Waals surface area contributed by atoms with Crippen molar-refractivity contribution in [1.82, 2.24) is 0 Å². The molecule has 0 saturated carbocycles. The normalized spacial score (nSPS) is 9.40. The van der Waals surface area contributed by atoms with Gasteiger partial charge in [0.05, 0.1) is 0 Å². The van der Waals surface area contributed by atoms with Gasteiger partial charge in [0.15, 0.2) is 0 Å². The summed E-state index contributed by atoms with van der Waals surface area (Å²) in [6, 6.07) is 0. The second-order valence-corrected chi connectivity index (χ2v) is 6.48. The maximum atomic E-state index is 5.52. The molecule has 0 aliphatic rings. The Morgan fingerprint density at radius 2 is 1.90 bits per heavy atom. The van der Waals surface area contributed by atoms with Crippen LogP contribution in [0.2, 0.25) is 5.02 Å². The van der Waals surface area contributed by atoms with E-state index >= 15 is 0 Å². The van der Waals surface area contributed by atoms with Gasteiger partial charge >= 0.3 is 72.2 Å². The predicted octanol–water partition coefficient (Wildman–Crippen LogP) is 3.02. The monoisotopic (exact) mass is 194 g/mol. The molecule has 0 aliphatic carbocycles. The Morgan fingerprint density at radius 3 is 2.50 bits per heavy atom. The van der Waals surface area contributed by atoms with E-state index in [1.807, 2.05) is 0 Å². The summed E-state index contributed by atoms with van der Waals surface area (Å²) in [6.07, 6.45) is 5.36. The van der Waals surface area contributed by atoms with Crippen molar-refractivity contribution in [3.8, 4) is 0 Å². The SMILES string of the molecule is CCCCCC[O][Zn][CH2]C. The standard InChI is InChI=1S/C6H13O.C2H5.Zn/c1-2-3-4-5-6-7;1-2;/h2-6H2,1H3;1H2,2H3;/q-1;;+1. The molecule has 0 rings (SSSR count). The Morgan fingerprint density at radius 1 is 1.10 bits per heavy atom. The van der Waals surface area contributed by atoms with E-state index in [4.69, 9.17) is 3.56 Å². The molecule has 0 aliphatic heterocycles. The van der Waals surface area contributed by atoms with E-state index in [1.54, 1.807) is 0 Å². The molecule has 10 heavy (non-hydrogen) atoms. The van der Waals surface area contributed by atoms with Gasteiger partial charge in [-0.1, -0.05) is 0 Å². The minimum atomic E-state index is -0.480. The summed E-state index contributed by atoms with van der Waals surface area (Å²) >= 11 is -0.480. The molecule has 0 amide bonds. The molecular weight excluding hydrogens is 177 g/mol. The Bertz CT molecular complexity index is 49.2. The van der Waals surface area contributed by atoms with E-state index in [-0.39, 0.29) is 0 Å². The summed E-state index contributed by atoms with van der Waals surface area (Å²) in [5.41, 5.74) is 0.